The number of methoxy groups -OCH3 is 1. The number of carbonyl (C=O) groups excluding carboxylic acids is 4. The van der Waals surface area contributed by atoms with E-state index in [1.807, 2.05) is 34.7 Å². The van der Waals surface area contributed by atoms with E-state index in [1.165, 1.54) is 25.3 Å². The fraction of sp³-hybridized carbons (Fsp3) is 0.759. The van der Waals surface area contributed by atoms with Gasteiger partial charge in [-0.15, -0.1) is 11.3 Å². The maximum atomic E-state index is 14.3. The first-order chi connectivity index (χ1) is 19.4. The quantitative estimate of drug-likeness (QED) is 0.296. The van der Waals surface area contributed by atoms with E-state index in [0.717, 1.165) is 25.8 Å². The number of amides is 3. The lowest BCUT2D eigenvalue weighted by molar-refractivity contribution is -0.150. The third-order valence-corrected chi connectivity index (χ3v) is 8.80. The maximum Gasteiger partial charge on any atom is 0.303 e. The number of nitrogens with one attached hydrogen (secondary N) is 2. The van der Waals surface area contributed by atoms with E-state index in [0.29, 0.717) is 24.6 Å². The van der Waals surface area contributed by atoms with Gasteiger partial charge < -0.3 is 25.0 Å². The molecule has 1 aromatic heterocycles. The van der Waals surface area contributed by atoms with Gasteiger partial charge in [-0.2, -0.15) is 0 Å². The number of piperidine rings is 1. The summed E-state index contributed by atoms with van der Waals surface area (Å²) in [5.41, 5.74) is 0.241. The monoisotopic (exact) mass is 595 g/mol. The molecular weight excluding hydrogens is 546 g/mol. The number of ether oxygens (including phenoxy) is 2. The standard InChI is InChI=1S/C29H49N5O6S/c1-9-19(4)25(32-27(37)22-12-10-11-13-33(22)7)29(38)34(14-15-39-8)23(18(2)3)16-24(40-20(5)35)28-31-21(17-41-28)26(36)30-6/h17-19,22-25H,9-16H2,1-8H3,(H,30,36)(H,32,37)/t19-,22+,23+,24+,25-/m0/s1. The predicted octanol–water partition coefficient (Wildman–Crippen LogP) is 3.01. The van der Waals surface area contributed by atoms with Gasteiger partial charge in [-0.25, -0.2) is 4.98 Å². The molecule has 3 amide bonds. The zero-order valence-corrected chi connectivity index (χ0v) is 26.7. The number of aromatic nitrogens is 1. The van der Waals surface area contributed by atoms with Crippen LogP contribution >= 0.6 is 11.3 Å². The highest BCUT2D eigenvalue weighted by Gasteiger charge is 2.38. The minimum atomic E-state index is -0.756. The van der Waals surface area contributed by atoms with Gasteiger partial charge in [0.1, 0.15) is 16.7 Å². The molecule has 2 N–H and O–H groups in total. The highest BCUT2D eigenvalue weighted by molar-refractivity contribution is 7.09. The molecule has 5 atom stereocenters. The van der Waals surface area contributed by atoms with E-state index in [2.05, 4.69) is 20.5 Å². The van der Waals surface area contributed by atoms with Crippen molar-refractivity contribution in [3.05, 3.63) is 16.1 Å². The normalized spacial score (nSPS) is 18.7. The highest BCUT2D eigenvalue weighted by atomic mass is 32.1. The molecule has 11 nitrogen and oxygen atoms in total. The van der Waals surface area contributed by atoms with E-state index >= 15 is 0 Å². The molecule has 0 unspecified atom stereocenters. The molecule has 1 aromatic rings. The summed E-state index contributed by atoms with van der Waals surface area (Å²) in [5, 5.41) is 7.77. The summed E-state index contributed by atoms with van der Waals surface area (Å²) >= 11 is 1.24. The molecule has 1 aliphatic heterocycles. The topological polar surface area (TPSA) is 130 Å². The van der Waals surface area contributed by atoms with E-state index in [9.17, 15) is 19.2 Å². The molecule has 2 rings (SSSR count). The number of hydrogen-bond acceptors (Lipinski definition) is 9. The number of carbonyl (C=O) groups is 4. The van der Waals surface area contributed by atoms with Crippen LogP contribution in [-0.2, 0) is 23.9 Å². The fourth-order valence-electron chi connectivity index (χ4n) is 5.19. The van der Waals surface area contributed by atoms with Crippen LogP contribution in [0.3, 0.4) is 0 Å². The third-order valence-electron chi connectivity index (χ3n) is 7.86. The lowest BCUT2D eigenvalue weighted by Crippen LogP contribution is -2.59. The van der Waals surface area contributed by atoms with Crippen LogP contribution in [0.4, 0.5) is 0 Å². The van der Waals surface area contributed by atoms with Crippen LogP contribution in [0.2, 0.25) is 0 Å². The minimum Gasteiger partial charge on any atom is -0.455 e. The van der Waals surface area contributed by atoms with Crippen LogP contribution < -0.4 is 10.6 Å². The SMILES string of the molecule is CC[C@H](C)[C@H](NC(=O)[C@H]1CCCCN1C)C(=O)N(CCOC)[C@H](C[C@@H](OC(C)=O)c1nc(C(=O)NC)cs1)C(C)C. The molecule has 232 valence electrons. The van der Waals surface area contributed by atoms with Crippen LogP contribution in [0.5, 0.6) is 0 Å². The number of hydrogen-bond donors (Lipinski definition) is 2. The summed E-state index contributed by atoms with van der Waals surface area (Å²) in [6.07, 6.45) is 3.03. The van der Waals surface area contributed by atoms with Crippen LogP contribution in [0, 0.1) is 11.8 Å². The van der Waals surface area contributed by atoms with E-state index in [-0.39, 0.29) is 53.8 Å². The molecule has 0 saturated carbocycles. The second kappa shape index (κ2) is 16.8. The lowest BCUT2D eigenvalue weighted by Gasteiger charge is -2.40. The average molecular weight is 596 g/mol. The summed E-state index contributed by atoms with van der Waals surface area (Å²) in [5.74, 6) is -1.25. The molecule has 0 radical (unpaired) electrons. The predicted molar refractivity (Wildman–Crippen MR) is 158 cm³/mol. The number of thiazole rings is 1. The summed E-state index contributed by atoms with van der Waals surface area (Å²) in [4.78, 5) is 60.2. The van der Waals surface area contributed by atoms with Gasteiger partial charge in [0.2, 0.25) is 11.8 Å². The lowest BCUT2D eigenvalue weighted by atomic mass is 9.92. The largest absolute Gasteiger partial charge is 0.455 e. The fourth-order valence-corrected chi connectivity index (χ4v) is 6.03. The summed E-state index contributed by atoms with van der Waals surface area (Å²) in [6.45, 7) is 10.8. The van der Waals surface area contributed by atoms with Crippen molar-refractivity contribution in [3.8, 4) is 0 Å². The molecule has 1 saturated heterocycles. The van der Waals surface area contributed by atoms with Crippen molar-refractivity contribution < 1.29 is 28.7 Å². The molecule has 1 fully saturated rings. The first-order valence-electron chi connectivity index (χ1n) is 14.6. The Labute approximate surface area is 248 Å². The molecule has 2 heterocycles. The van der Waals surface area contributed by atoms with Crippen molar-refractivity contribution in [3.63, 3.8) is 0 Å². The van der Waals surface area contributed by atoms with Gasteiger partial charge in [0.25, 0.3) is 5.91 Å². The Kier molecular flexibility index (Phi) is 14.2. The number of esters is 1. The Bertz CT molecular complexity index is 1020. The third kappa shape index (κ3) is 9.75. The molecule has 12 heteroatoms. The Balaban J connectivity index is 2.41. The van der Waals surface area contributed by atoms with Gasteiger partial charge in [-0.3, -0.25) is 24.1 Å². The van der Waals surface area contributed by atoms with Crippen LogP contribution in [-0.4, -0.2) is 97.5 Å². The van der Waals surface area contributed by atoms with Gasteiger partial charge in [0.05, 0.1) is 12.6 Å². The van der Waals surface area contributed by atoms with Gasteiger partial charge in [0, 0.05) is 45.5 Å². The smallest absolute Gasteiger partial charge is 0.303 e. The first kappa shape index (κ1) is 34.6. The zero-order valence-electron chi connectivity index (χ0n) is 25.9. The molecule has 41 heavy (non-hydrogen) atoms. The Hall–Kier alpha value is -2.57. The molecule has 0 aliphatic carbocycles. The molecule has 0 spiro atoms. The second-order valence-electron chi connectivity index (χ2n) is 11.2. The molecule has 1 aliphatic rings. The van der Waals surface area contributed by atoms with Crippen molar-refractivity contribution in [2.75, 3.05) is 40.9 Å². The molecule has 0 aromatic carbocycles. The van der Waals surface area contributed by atoms with Gasteiger partial charge in [-0.05, 0) is 38.3 Å². The second-order valence-corrected chi connectivity index (χ2v) is 12.1. The Morgan fingerprint density at radius 1 is 1.22 bits per heavy atom. The Morgan fingerprint density at radius 3 is 2.49 bits per heavy atom. The Morgan fingerprint density at radius 2 is 1.93 bits per heavy atom. The number of likely N-dealkylation sites (N-methyl/N-ethyl adjacent to an activating group) is 1. The summed E-state index contributed by atoms with van der Waals surface area (Å²) in [6, 6.07) is -1.34. The van der Waals surface area contributed by atoms with Gasteiger partial charge >= 0.3 is 5.97 Å². The maximum absolute atomic E-state index is 14.3. The first-order valence-corrected chi connectivity index (χ1v) is 15.5. The van der Waals surface area contributed by atoms with Crippen LogP contribution in [0.1, 0.15) is 88.3 Å². The van der Waals surface area contributed by atoms with Crippen molar-refractivity contribution in [2.24, 2.45) is 11.8 Å². The zero-order chi connectivity index (χ0) is 30.7. The number of rotatable bonds is 15. The van der Waals surface area contributed by atoms with Crippen molar-refractivity contribution in [2.45, 2.75) is 91.0 Å². The van der Waals surface area contributed by atoms with E-state index in [4.69, 9.17) is 9.47 Å². The number of nitrogens with zero attached hydrogens (tertiary/aromatic N) is 3. The minimum absolute atomic E-state index is 0.0231. The molecule has 0 bridgehead atoms. The van der Waals surface area contributed by atoms with Crippen LogP contribution in [0.15, 0.2) is 5.38 Å². The average Bonchev–Trinajstić information content (AvgIpc) is 3.44. The van der Waals surface area contributed by atoms with E-state index in [1.54, 1.807) is 17.4 Å². The van der Waals surface area contributed by atoms with Gasteiger partial charge in [-0.1, -0.05) is 40.5 Å². The number of likely N-dealkylation sites (tertiary alicyclic amines) is 1. The van der Waals surface area contributed by atoms with Crippen molar-refractivity contribution in [1.82, 2.24) is 25.4 Å². The highest BCUT2D eigenvalue weighted by Crippen LogP contribution is 2.31. The van der Waals surface area contributed by atoms with E-state index < -0.39 is 18.1 Å². The summed E-state index contributed by atoms with van der Waals surface area (Å²) < 4.78 is 11.1. The summed E-state index contributed by atoms with van der Waals surface area (Å²) in [7, 11) is 5.06. The molecular formula is C29H49N5O6S. The van der Waals surface area contributed by atoms with Crippen LogP contribution in [0.25, 0.3) is 0 Å². The van der Waals surface area contributed by atoms with Gasteiger partial charge in [0.15, 0.2) is 6.10 Å². The van der Waals surface area contributed by atoms with Crippen molar-refractivity contribution >= 4 is 35.0 Å². The van der Waals surface area contributed by atoms with Crippen molar-refractivity contribution in [1.29, 1.82) is 0 Å².